The molecule has 0 bridgehead atoms. The van der Waals surface area contributed by atoms with Crippen LogP contribution in [0.4, 0.5) is 33.6 Å². The Morgan fingerprint density at radius 1 is 0.889 bits per heavy atom. The van der Waals surface area contributed by atoms with Crippen molar-refractivity contribution in [1.29, 1.82) is 0 Å². The van der Waals surface area contributed by atoms with E-state index >= 15 is 0 Å². The van der Waals surface area contributed by atoms with Gasteiger partial charge in [-0.05, 0) is 67.5 Å². The van der Waals surface area contributed by atoms with Gasteiger partial charge >= 0.3 is 6.03 Å². The number of hydrogen-bond acceptors (Lipinski definition) is 10. The number of nitrogens with zero attached hydrogens (tertiary/aromatic N) is 6. The lowest BCUT2D eigenvalue weighted by Gasteiger charge is -2.35. The van der Waals surface area contributed by atoms with Crippen LogP contribution >= 0.6 is 12.4 Å². The van der Waals surface area contributed by atoms with Crippen LogP contribution in [0.5, 0.6) is 0 Å². The zero-order valence-electron chi connectivity index (χ0n) is 25.9. The van der Waals surface area contributed by atoms with Crippen LogP contribution in [-0.2, 0) is 20.3 Å². The van der Waals surface area contributed by atoms with Crippen LogP contribution in [0.3, 0.4) is 0 Å². The van der Waals surface area contributed by atoms with Gasteiger partial charge in [-0.1, -0.05) is 12.1 Å². The molecule has 2 fully saturated rings. The van der Waals surface area contributed by atoms with E-state index in [1.54, 1.807) is 30.5 Å². The predicted molar refractivity (Wildman–Crippen MR) is 181 cm³/mol. The molecule has 244 valence electrons. The first-order chi connectivity index (χ1) is 21.2. The number of urea groups is 1. The van der Waals surface area contributed by atoms with E-state index in [-0.39, 0.29) is 24.2 Å². The van der Waals surface area contributed by atoms with Crippen molar-refractivity contribution in [2.24, 2.45) is 0 Å². The highest BCUT2D eigenvalue weighted by molar-refractivity contribution is 7.89. The van der Waals surface area contributed by atoms with Crippen LogP contribution in [0.25, 0.3) is 0 Å². The molecule has 2 N–H and O–H groups in total. The number of halogens is 1. The van der Waals surface area contributed by atoms with E-state index in [0.29, 0.717) is 11.8 Å². The van der Waals surface area contributed by atoms with Crippen LogP contribution in [0, 0.1) is 0 Å². The maximum atomic E-state index is 12.9. The SMILES string of the molecule is CN(c1ccc(NC(=O)N2CCN(CCCN3CCOCC3)CC2)cc1)c1ccnc(Nc2ccc(CS(C)(=O)=O)cc2)n1.Cl. The maximum Gasteiger partial charge on any atom is 0.321 e. The van der Waals surface area contributed by atoms with E-state index in [2.05, 4.69) is 30.4 Å². The second-order valence-corrected chi connectivity index (χ2v) is 13.4. The van der Waals surface area contributed by atoms with Crippen molar-refractivity contribution >= 4 is 57.1 Å². The monoisotopic (exact) mass is 658 g/mol. The van der Waals surface area contributed by atoms with Gasteiger partial charge in [0.1, 0.15) is 5.82 Å². The third-order valence-electron chi connectivity index (χ3n) is 7.84. The Balaban J connectivity index is 0.00000461. The fourth-order valence-corrected chi connectivity index (χ4v) is 6.13. The van der Waals surface area contributed by atoms with Gasteiger partial charge in [0, 0.05) is 75.8 Å². The summed E-state index contributed by atoms with van der Waals surface area (Å²) in [5.41, 5.74) is 3.13. The average molecular weight is 659 g/mol. The third kappa shape index (κ3) is 10.5. The molecule has 0 saturated carbocycles. The van der Waals surface area contributed by atoms with Crippen LogP contribution < -0.4 is 15.5 Å². The zero-order chi connectivity index (χ0) is 30.9. The van der Waals surface area contributed by atoms with E-state index in [1.165, 1.54) is 6.26 Å². The molecule has 0 atom stereocenters. The number of amides is 2. The first-order valence-corrected chi connectivity index (χ1v) is 17.1. The molecule has 1 aromatic heterocycles. The summed E-state index contributed by atoms with van der Waals surface area (Å²) in [7, 11) is -1.17. The molecule has 0 spiro atoms. The van der Waals surface area contributed by atoms with Crippen molar-refractivity contribution in [3.05, 3.63) is 66.4 Å². The lowest BCUT2D eigenvalue weighted by molar-refractivity contribution is 0.0354. The van der Waals surface area contributed by atoms with Gasteiger partial charge < -0.3 is 25.2 Å². The van der Waals surface area contributed by atoms with Gasteiger partial charge in [-0.25, -0.2) is 18.2 Å². The first kappa shape index (κ1) is 34.4. The Kier molecular flexibility index (Phi) is 12.4. The normalized spacial score (nSPS) is 16.1. The van der Waals surface area contributed by atoms with Crippen molar-refractivity contribution in [2.45, 2.75) is 12.2 Å². The van der Waals surface area contributed by atoms with Crippen LogP contribution in [0.2, 0.25) is 0 Å². The van der Waals surface area contributed by atoms with E-state index in [4.69, 9.17) is 4.74 Å². The van der Waals surface area contributed by atoms with Gasteiger partial charge in [-0.15, -0.1) is 12.4 Å². The number of anilines is 5. The molecular weight excluding hydrogens is 616 g/mol. The summed E-state index contributed by atoms with van der Waals surface area (Å²) in [5, 5.41) is 6.20. The number of morpholine rings is 1. The molecule has 0 aliphatic carbocycles. The summed E-state index contributed by atoms with van der Waals surface area (Å²) in [4.78, 5) is 30.6. The number of nitrogens with one attached hydrogen (secondary N) is 2. The van der Waals surface area contributed by atoms with Crippen LogP contribution in [0.1, 0.15) is 12.0 Å². The second kappa shape index (κ2) is 16.2. The fraction of sp³-hybridized carbons (Fsp3) is 0.452. The summed E-state index contributed by atoms with van der Waals surface area (Å²) in [6, 6.07) is 16.6. The molecule has 45 heavy (non-hydrogen) atoms. The Morgan fingerprint density at radius 2 is 1.51 bits per heavy atom. The van der Waals surface area contributed by atoms with Gasteiger partial charge in [0.15, 0.2) is 9.84 Å². The van der Waals surface area contributed by atoms with E-state index in [1.807, 2.05) is 47.2 Å². The number of benzene rings is 2. The molecule has 3 heterocycles. The summed E-state index contributed by atoms with van der Waals surface area (Å²) in [6.07, 6.45) is 4.04. The minimum Gasteiger partial charge on any atom is -0.379 e. The van der Waals surface area contributed by atoms with Gasteiger partial charge in [0.05, 0.1) is 19.0 Å². The minimum atomic E-state index is -3.09. The fourth-order valence-electron chi connectivity index (χ4n) is 5.33. The highest BCUT2D eigenvalue weighted by Crippen LogP contribution is 2.25. The van der Waals surface area contributed by atoms with Crippen molar-refractivity contribution in [2.75, 3.05) is 94.4 Å². The van der Waals surface area contributed by atoms with E-state index in [9.17, 15) is 13.2 Å². The molecule has 2 aliphatic heterocycles. The number of hydrogen-bond donors (Lipinski definition) is 2. The van der Waals surface area contributed by atoms with Crippen molar-refractivity contribution in [3.8, 4) is 0 Å². The summed E-state index contributed by atoms with van der Waals surface area (Å²) >= 11 is 0. The maximum absolute atomic E-state index is 12.9. The molecule has 2 aromatic carbocycles. The topological polar surface area (TPSA) is 123 Å². The number of rotatable bonds is 11. The first-order valence-electron chi connectivity index (χ1n) is 15.0. The lowest BCUT2D eigenvalue weighted by Crippen LogP contribution is -2.50. The van der Waals surface area contributed by atoms with E-state index < -0.39 is 9.84 Å². The average Bonchev–Trinajstić information content (AvgIpc) is 3.02. The molecule has 14 heteroatoms. The Hall–Kier alpha value is -3.49. The molecule has 2 amide bonds. The summed E-state index contributed by atoms with van der Waals surface area (Å²) < 4.78 is 28.5. The quantitative estimate of drug-likeness (QED) is 0.314. The molecular formula is C31H43ClN8O4S. The van der Waals surface area contributed by atoms with Gasteiger partial charge in [-0.2, -0.15) is 4.98 Å². The Labute approximate surface area is 272 Å². The Bertz CT molecular complexity index is 1480. The number of carbonyl (C=O) groups excluding carboxylic acids is 1. The van der Waals surface area contributed by atoms with Gasteiger partial charge in [0.2, 0.25) is 5.95 Å². The standard InChI is InChI=1S/C31H42N8O4S.ClH/c1-36(29-12-13-32-30(35-29)33-26-6-4-25(5-7-26)24-44(2,41)42)28-10-8-27(9-11-28)34-31(40)39-18-16-37(17-19-39)14-3-15-38-20-22-43-23-21-38;/h4-13H,3,14-24H2,1-2H3,(H,34,40)(H,32,33,35);1H. The highest BCUT2D eigenvalue weighted by atomic mass is 35.5. The second-order valence-electron chi connectivity index (χ2n) is 11.3. The van der Waals surface area contributed by atoms with Crippen LogP contribution in [-0.4, -0.2) is 118 Å². The number of piperazine rings is 1. The molecule has 3 aromatic rings. The molecule has 0 radical (unpaired) electrons. The number of carbonyl (C=O) groups is 1. The molecule has 0 unspecified atom stereocenters. The highest BCUT2D eigenvalue weighted by Gasteiger charge is 2.21. The summed E-state index contributed by atoms with van der Waals surface area (Å²) in [5.74, 6) is 1.11. The van der Waals surface area contributed by atoms with Gasteiger partial charge in [-0.3, -0.25) is 9.80 Å². The van der Waals surface area contributed by atoms with Crippen molar-refractivity contribution in [3.63, 3.8) is 0 Å². The number of ether oxygens (including phenoxy) is 1. The lowest BCUT2D eigenvalue weighted by atomic mass is 10.2. The number of aromatic nitrogens is 2. The summed E-state index contributed by atoms with van der Waals surface area (Å²) in [6.45, 7) is 9.12. The molecule has 5 rings (SSSR count). The van der Waals surface area contributed by atoms with Crippen LogP contribution in [0.15, 0.2) is 60.8 Å². The van der Waals surface area contributed by atoms with Crippen molar-refractivity contribution < 1.29 is 17.9 Å². The van der Waals surface area contributed by atoms with Gasteiger partial charge in [0.25, 0.3) is 0 Å². The third-order valence-corrected chi connectivity index (χ3v) is 8.70. The Morgan fingerprint density at radius 3 is 2.16 bits per heavy atom. The predicted octanol–water partition coefficient (Wildman–Crippen LogP) is 3.83. The molecule has 2 saturated heterocycles. The largest absolute Gasteiger partial charge is 0.379 e. The molecule has 12 nitrogen and oxygen atoms in total. The zero-order valence-corrected chi connectivity index (χ0v) is 27.5. The molecule has 2 aliphatic rings. The van der Waals surface area contributed by atoms with Crippen molar-refractivity contribution in [1.82, 2.24) is 24.7 Å². The number of sulfone groups is 1. The van der Waals surface area contributed by atoms with E-state index in [0.717, 1.165) is 94.6 Å². The smallest absolute Gasteiger partial charge is 0.321 e. The minimum absolute atomic E-state index is 0.